The first-order valence-electron chi connectivity index (χ1n) is 8.74. The number of ketones is 2. The molecule has 5 atom stereocenters. The Balaban J connectivity index is 1.77. The highest BCUT2D eigenvalue weighted by Crippen LogP contribution is 2.64. The highest BCUT2D eigenvalue weighted by molar-refractivity contribution is 6.08. The maximum atomic E-state index is 14.2. The van der Waals surface area contributed by atoms with Crippen LogP contribution in [0.2, 0.25) is 0 Å². The van der Waals surface area contributed by atoms with Gasteiger partial charge in [-0.3, -0.25) is 9.59 Å². The van der Waals surface area contributed by atoms with E-state index in [1.165, 1.54) is 6.08 Å². The number of Topliss-reactive ketones (excluding diaryl/α,β-unsaturated/α-hetero) is 2. The van der Waals surface area contributed by atoms with E-state index in [0.717, 1.165) is 37.7 Å². The van der Waals surface area contributed by atoms with Crippen LogP contribution in [0, 0.1) is 28.6 Å². The second kappa shape index (κ2) is 4.55. The number of allylic oxidation sites excluding steroid dienone is 3. The van der Waals surface area contributed by atoms with E-state index in [0.29, 0.717) is 24.0 Å². The van der Waals surface area contributed by atoms with Gasteiger partial charge in [-0.05, 0) is 61.5 Å². The lowest BCUT2D eigenvalue weighted by atomic mass is 9.48. The molecule has 0 radical (unpaired) electrons. The molecule has 0 unspecified atom stereocenters. The molecule has 0 aromatic carbocycles. The van der Waals surface area contributed by atoms with E-state index in [9.17, 15) is 14.0 Å². The lowest BCUT2D eigenvalue weighted by Crippen LogP contribution is -2.50. The van der Waals surface area contributed by atoms with Gasteiger partial charge in [-0.1, -0.05) is 13.8 Å². The van der Waals surface area contributed by atoms with Gasteiger partial charge < -0.3 is 5.73 Å². The maximum Gasteiger partial charge on any atom is 0.236 e. The fraction of sp³-hybridized carbons (Fsp3) is 0.684. The Morgan fingerprint density at radius 3 is 2.61 bits per heavy atom. The van der Waals surface area contributed by atoms with Crippen LogP contribution in [0.25, 0.3) is 0 Å². The maximum absolute atomic E-state index is 14.2. The molecule has 0 aliphatic heterocycles. The van der Waals surface area contributed by atoms with Gasteiger partial charge in [-0.15, -0.1) is 0 Å². The average Bonchev–Trinajstić information content (AvgIpc) is 2.80. The van der Waals surface area contributed by atoms with Crippen LogP contribution in [0.15, 0.2) is 23.2 Å². The molecule has 4 heteroatoms. The number of carbonyl (C=O) groups is 2. The van der Waals surface area contributed by atoms with Crippen LogP contribution in [0.1, 0.15) is 52.4 Å². The Morgan fingerprint density at radius 2 is 1.87 bits per heavy atom. The van der Waals surface area contributed by atoms with Crippen LogP contribution in [0.5, 0.6) is 0 Å². The molecule has 0 aromatic heterocycles. The van der Waals surface area contributed by atoms with E-state index in [2.05, 4.69) is 6.92 Å². The number of nitrogens with two attached hydrogens (primary N) is 1. The summed E-state index contributed by atoms with van der Waals surface area (Å²) in [6.07, 6.45) is 6.68. The summed E-state index contributed by atoms with van der Waals surface area (Å²) in [6.45, 7) is 4.17. The fourth-order valence-corrected chi connectivity index (χ4v) is 6.22. The minimum absolute atomic E-state index is 0.127. The third-order valence-corrected chi connectivity index (χ3v) is 7.51. The monoisotopic (exact) mass is 317 g/mol. The van der Waals surface area contributed by atoms with Gasteiger partial charge in [0, 0.05) is 17.3 Å². The van der Waals surface area contributed by atoms with Crippen molar-refractivity contribution in [2.24, 2.45) is 34.3 Å². The SMILES string of the molecule is C[C@]12C=C(F)C(=O)C(N)=C1CC[C@@H]1[C@@H]2CC[C@]2(C)C(=O)CC[C@@H]12. The van der Waals surface area contributed by atoms with Crippen LogP contribution in [-0.4, -0.2) is 11.6 Å². The van der Waals surface area contributed by atoms with Crippen LogP contribution in [0.3, 0.4) is 0 Å². The molecule has 0 aromatic rings. The number of hydrogen-bond acceptors (Lipinski definition) is 3. The van der Waals surface area contributed by atoms with E-state index in [1.54, 1.807) is 0 Å². The van der Waals surface area contributed by atoms with Gasteiger partial charge in [0.05, 0.1) is 5.70 Å². The molecule has 4 aliphatic rings. The minimum Gasteiger partial charge on any atom is -0.395 e. The summed E-state index contributed by atoms with van der Waals surface area (Å²) in [6, 6.07) is 0. The highest BCUT2D eigenvalue weighted by atomic mass is 19.1. The van der Waals surface area contributed by atoms with Gasteiger partial charge in [0.1, 0.15) is 5.78 Å². The summed E-state index contributed by atoms with van der Waals surface area (Å²) in [5.74, 6) is 0.180. The summed E-state index contributed by atoms with van der Waals surface area (Å²) in [5.41, 5.74) is 6.39. The van der Waals surface area contributed by atoms with Crippen LogP contribution < -0.4 is 5.73 Å². The second-order valence-electron chi connectivity index (χ2n) is 8.33. The first-order valence-corrected chi connectivity index (χ1v) is 8.74. The van der Waals surface area contributed by atoms with Crippen molar-refractivity contribution in [2.45, 2.75) is 52.4 Å². The fourth-order valence-electron chi connectivity index (χ4n) is 6.22. The van der Waals surface area contributed by atoms with Crippen LogP contribution in [-0.2, 0) is 9.59 Å². The Kier molecular flexibility index (Phi) is 2.99. The second-order valence-corrected chi connectivity index (χ2v) is 8.33. The molecule has 0 saturated heterocycles. The molecule has 0 heterocycles. The molecule has 2 N–H and O–H groups in total. The molecule has 124 valence electrons. The standard InChI is InChI=1S/C19H24FNO2/c1-18-8-7-12-10(11(18)5-6-15(18)22)3-4-13-16(21)17(23)14(20)9-19(12,13)2/h9-12H,3-8,21H2,1-2H3/t10-,11-,12-,18-,19+/m0/s1. The zero-order chi connectivity index (χ0) is 16.6. The number of halogens is 1. The van der Waals surface area contributed by atoms with Gasteiger partial charge in [0.15, 0.2) is 5.83 Å². The molecular formula is C19H24FNO2. The Morgan fingerprint density at radius 1 is 1.13 bits per heavy atom. The quantitative estimate of drug-likeness (QED) is 0.744. The topological polar surface area (TPSA) is 60.2 Å². The number of fused-ring (bicyclic) bond motifs is 5. The summed E-state index contributed by atoms with van der Waals surface area (Å²) in [4.78, 5) is 24.3. The average molecular weight is 317 g/mol. The number of rotatable bonds is 0. The van der Waals surface area contributed by atoms with Gasteiger partial charge in [-0.2, -0.15) is 0 Å². The van der Waals surface area contributed by atoms with E-state index in [-0.39, 0.29) is 17.0 Å². The summed E-state index contributed by atoms with van der Waals surface area (Å²) >= 11 is 0. The van der Waals surface area contributed by atoms with Crippen molar-refractivity contribution in [1.29, 1.82) is 0 Å². The first-order chi connectivity index (χ1) is 10.8. The Bertz CT molecular complexity index is 679. The van der Waals surface area contributed by atoms with Gasteiger partial charge in [0.2, 0.25) is 5.78 Å². The Hall–Kier alpha value is -1.45. The Labute approximate surface area is 136 Å². The van der Waals surface area contributed by atoms with Crippen molar-refractivity contribution in [2.75, 3.05) is 0 Å². The predicted molar refractivity (Wildman–Crippen MR) is 84.8 cm³/mol. The van der Waals surface area contributed by atoms with E-state index >= 15 is 0 Å². The number of hydrogen-bond donors (Lipinski definition) is 1. The zero-order valence-electron chi connectivity index (χ0n) is 13.8. The van der Waals surface area contributed by atoms with Gasteiger partial charge in [0.25, 0.3) is 0 Å². The predicted octanol–water partition coefficient (Wildman–Crippen LogP) is 3.45. The van der Waals surface area contributed by atoms with Crippen molar-refractivity contribution in [1.82, 2.24) is 0 Å². The van der Waals surface area contributed by atoms with E-state index < -0.39 is 17.0 Å². The summed E-state index contributed by atoms with van der Waals surface area (Å²) < 4.78 is 14.2. The molecule has 23 heavy (non-hydrogen) atoms. The van der Waals surface area contributed by atoms with E-state index in [1.807, 2.05) is 6.92 Å². The molecule has 4 rings (SSSR count). The molecule has 0 amide bonds. The summed E-state index contributed by atoms with van der Waals surface area (Å²) in [7, 11) is 0. The van der Waals surface area contributed by atoms with Crippen LogP contribution in [0.4, 0.5) is 4.39 Å². The van der Waals surface area contributed by atoms with E-state index in [4.69, 9.17) is 5.73 Å². The summed E-state index contributed by atoms with van der Waals surface area (Å²) in [5, 5.41) is 0. The van der Waals surface area contributed by atoms with Crippen molar-refractivity contribution >= 4 is 11.6 Å². The van der Waals surface area contributed by atoms with Gasteiger partial charge >= 0.3 is 0 Å². The van der Waals surface area contributed by atoms with Crippen molar-refractivity contribution in [3.8, 4) is 0 Å². The molecule has 0 spiro atoms. The van der Waals surface area contributed by atoms with Crippen LogP contribution >= 0.6 is 0 Å². The molecule has 3 nitrogen and oxygen atoms in total. The normalized spacial score (nSPS) is 46.2. The van der Waals surface area contributed by atoms with Crippen molar-refractivity contribution in [3.05, 3.63) is 23.2 Å². The third kappa shape index (κ3) is 1.75. The molecule has 0 bridgehead atoms. The largest absolute Gasteiger partial charge is 0.395 e. The van der Waals surface area contributed by atoms with Crippen molar-refractivity contribution in [3.63, 3.8) is 0 Å². The highest BCUT2D eigenvalue weighted by Gasteiger charge is 2.59. The smallest absolute Gasteiger partial charge is 0.236 e. The lowest BCUT2D eigenvalue weighted by molar-refractivity contribution is -0.131. The lowest BCUT2D eigenvalue weighted by Gasteiger charge is -2.55. The molecule has 4 aliphatic carbocycles. The molecule has 3 saturated carbocycles. The molecular weight excluding hydrogens is 293 g/mol. The molecule has 3 fully saturated rings. The third-order valence-electron chi connectivity index (χ3n) is 7.51. The van der Waals surface area contributed by atoms with Crippen molar-refractivity contribution < 1.29 is 14.0 Å². The minimum atomic E-state index is -0.703. The number of carbonyl (C=O) groups excluding carboxylic acids is 2. The zero-order valence-corrected chi connectivity index (χ0v) is 13.8. The van der Waals surface area contributed by atoms with Gasteiger partial charge in [-0.25, -0.2) is 4.39 Å². The first kappa shape index (κ1) is 15.1.